The molecule has 8 heteroatoms. The van der Waals surface area contributed by atoms with Crippen LogP contribution in [0.5, 0.6) is 0 Å². The molecular weight excluding hydrogens is 344 g/mol. The number of tetrazole rings is 1. The Morgan fingerprint density at radius 1 is 1.11 bits per heavy atom. The Kier molecular flexibility index (Phi) is 5.25. The lowest BCUT2D eigenvalue weighted by atomic mass is 10.1. The predicted molar refractivity (Wildman–Crippen MR) is 101 cm³/mol. The van der Waals surface area contributed by atoms with Crippen molar-refractivity contribution >= 4 is 17.5 Å². The Labute approximate surface area is 156 Å². The van der Waals surface area contributed by atoms with Gasteiger partial charge in [0.15, 0.2) is 0 Å². The predicted octanol–water partition coefficient (Wildman–Crippen LogP) is 1.99. The Bertz CT molecular complexity index is 948. The van der Waals surface area contributed by atoms with E-state index in [4.69, 9.17) is 0 Å². The fraction of sp³-hybridized carbons (Fsp3) is 0.211. The molecule has 0 aliphatic rings. The molecular formula is C19H20N6O2. The van der Waals surface area contributed by atoms with Gasteiger partial charge in [-0.05, 0) is 53.6 Å². The van der Waals surface area contributed by atoms with Crippen molar-refractivity contribution in [1.82, 2.24) is 25.1 Å². The van der Waals surface area contributed by atoms with Crippen LogP contribution in [-0.4, -0.2) is 50.5 Å². The number of carbonyl (C=O) groups is 2. The van der Waals surface area contributed by atoms with Crippen LogP contribution in [-0.2, 0) is 4.79 Å². The maximum Gasteiger partial charge on any atom is 0.254 e. The van der Waals surface area contributed by atoms with Gasteiger partial charge in [0, 0.05) is 18.3 Å². The minimum atomic E-state index is -0.262. The van der Waals surface area contributed by atoms with Gasteiger partial charge in [-0.2, -0.15) is 0 Å². The molecule has 0 unspecified atom stereocenters. The molecule has 138 valence electrons. The number of anilines is 1. The summed E-state index contributed by atoms with van der Waals surface area (Å²) in [6, 6.07) is 12.7. The highest BCUT2D eigenvalue weighted by atomic mass is 16.2. The highest BCUT2D eigenvalue weighted by molar-refractivity contribution is 6.00. The number of para-hydroxylation sites is 1. The first-order chi connectivity index (χ1) is 13.0. The number of aromatic nitrogens is 4. The van der Waals surface area contributed by atoms with Gasteiger partial charge >= 0.3 is 0 Å². The molecule has 0 fully saturated rings. The number of carbonyl (C=O) groups excluding carboxylic acids is 2. The Balaban J connectivity index is 1.69. The molecule has 1 aromatic heterocycles. The number of nitrogens with zero attached hydrogens (tertiary/aromatic N) is 5. The molecule has 0 bridgehead atoms. The lowest BCUT2D eigenvalue weighted by Gasteiger charge is -2.18. The van der Waals surface area contributed by atoms with Crippen LogP contribution >= 0.6 is 0 Å². The van der Waals surface area contributed by atoms with Gasteiger partial charge in [-0.3, -0.25) is 9.59 Å². The zero-order valence-electron chi connectivity index (χ0n) is 15.4. The largest absolute Gasteiger partial charge is 0.332 e. The Morgan fingerprint density at radius 2 is 1.81 bits per heavy atom. The smallest absolute Gasteiger partial charge is 0.254 e. The van der Waals surface area contributed by atoms with Crippen molar-refractivity contribution in [2.75, 3.05) is 18.9 Å². The van der Waals surface area contributed by atoms with E-state index in [0.717, 1.165) is 16.8 Å². The molecule has 0 saturated carbocycles. The van der Waals surface area contributed by atoms with E-state index in [2.05, 4.69) is 20.8 Å². The van der Waals surface area contributed by atoms with Crippen molar-refractivity contribution < 1.29 is 9.59 Å². The summed E-state index contributed by atoms with van der Waals surface area (Å²) in [6.07, 6.45) is 1.45. The maximum atomic E-state index is 12.7. The zero-order chi connectivity index (χ0) is 19.4. The van der Waals surface area contributed by atoms with E-state index in [0.29, 0.717) is 11.3 Å². The molecule has 3 rings (SSSR count). The number of aryl methyl sites for hydroxylation is 2. The third kappa shape index (κ3) is 4.17. The zero-order valence-corrected chi connectivity index (χ0v) is 15.4. The molecule has 0 saturated heterocycles. The van der Waals surface area contributed by atoms with Gasteiger partial charge in [0.05, 0.1) is 12.2 Å². The summed E-state index contributed by atoms with van der Waals surface area (Å²) in [5, 5.41) is 13.9. The number of hydrogen-bond acceptors (Lipinski definition) is 5. The van der Waals surface area contributed by atoms with Crippen molar-refractivity contribution in [2.45, 2.75) is 13.8 Å². The van der Waals surface area contributed by atoms with E-state index < -0.39 is 0 Å². The fourth-order valence-corrected chi connectivity index (χ4v) is 2.76. The summed E-state index contributed by atoms with van der Waals surface area (Å²) in [6.45, 7) is 3.81. The van der Waals surface area contributed by atoms with Gasteiger partial charge in [0.25, 0.3) is 5.91 Å². The van der Waals surface area contributed by atoms with E-state index in [-0.39, 0.29) is 18.4 Å². The third-order valence-electron chi connectivity index (χ3n) is 4.18. The van der Waals surface area contributed by atoms with Crippen LogP contribution in [0.2, 0.25) is 0 Å². The number of benzene rings is 2. The second-order valence-corrected chi connectivity index (χ2v) is 6.28. The topological polar surface area (TPSA) is 93.0 Å². The van der Waals surface area contributed by atoms with Crippen molar-refractivity contribution in [3.63, 3.8) is 0 Å². The summed E-state index contributed by atoms with van der Waals surface area (Å²) < 4.78 is 1.46. The number of rotatable bonds is 5. The standard InChI is InChI=1S/C19H20N6O2/c1-13-6-4-7-14(2)18(13)21-17(26)11-24(3)19(27)15-8-5-9-16(10-15)25-12-20-22-23-25/h4-10,12H,11H2,1-3H3,(H,21,26). The molecule has 0 spiro atoms. The number of nitrogens with one attached hydrogen (secondary N) is 1. The molecule has 0 aliphatic heterocycles. The highest BCUT2D eigenvalue weighted by Gasteiger charge is 2.17. The second kappa shape index (κ2) is 7.77. The molecule has 1 heterocycles. The van der Waals surface area contributed by atoms with E-state index in [1.165, 1.54) is 15.9 Å². The van der Waals surface area contributed by atoms with Gasteiger partial charge in [-0.15, -0.1) is 5.10 Å². The molecule has 8 nitrogen and oxygen atoms in total. The molecule has 0 radical (unpaired) electrons. The monoisotopic (exact) mass is 364 g/mol. The lowest BCUT2D eigenvalue weighted by Crippen LogP contribution is -2.35. The Morgan fingerprint density at radius 3 is 2.48 bits per heavy atom. The number of likely N-dealkylation sites (N-methyl/N-ethyl adjacent to an activating group) is 1. The van der Waals surface area contributed by atoms with Crippen molar-refractivity contribution in [3.05, 3.63) is 65.5 Å². The maximum absolute atomic E-state index is 12.7. The molecule has 27 heavy (non-hydrogen) atoms. The first kappa shape index (κ1) is 18.2. The van der Waals surface area contributed by atoms with Gasteiger partial charge in [0.2, 0.25) is 5.91 Å². The van der Waals surface area contributed by atoms with E-state index in [1.54, 1.807) is 31.3 Å². The number of hydrogen-bond donors (Lipinski definition) is 1. The normalized spacial score (nSPS) is 10.5. The SMILES string of the molecule is Cc1cccc(C)c1NC(=O)CN(C)C(=O)c1cccc(-n2cnnn2)c1. The van der Waals surface area contributed by atoms with E-state index >= 15 is 0 Å². The average Bonchev–Trinajstić information content (AvgIpc) is 3.19. The summed E-state index contributed by atoms with van der Waals surface area (Å²) in [5.74, 6) is -0.513. The van der Waals surface area contributed by atoms with Crippen LogP contribution in [0.3, 0.4) is 0 Å². The minimum Gasteiger partial charge on any atom is -0.332 e. The quantitative estimate of drug-likeness (QED) is 0.747. The molecule has 2 aromatic carbocycles. The Hall–Kier alpha value is -3.55. The van der Waals surface area contributed by atoms with Crippen LogP contribution in [0.15, 0.2) is 48.8 Å². The first-order valence-corrected chi connectivity index (χ1v) is 8.40. The van der Waals surface area contributed by atoms with Crippen LogP contribution in [0.25, 0.3) is 5.69 Å². The van der Waals surface area contributed by atoms with E-state index in [9.17, 15) is 9.59 Å². The van der Waals surface area contributed by atoms with Crippen molar-refractivity contribution in [3.8, 4) is 5.69 Å². The third-order valence-corrected chi connectivity index (χ3v) is 4.18. The van der Waals surface area contributed by atoms with Crippen molar-refractivity contribution in [1.29, 1.82) is 0 Å². The summed E-state index contributed by atoms with van der Waals surface area (Å²) >= 11 is 0. The molecule has 0 aliphatic carbocycles. The van der Waals surface area contributed by atoms with Crippen molar-refractivity contribution in [2.24, 2.45) is 0 Å². The second-order valence-electron chi connectivity index (χ2n) is 6.28. The summed E-state index contributed by atoms with van der Waals surface area (Å²) in [4.78, 5) is 26.4. The van der Waals surface area contributed by atoms with E-state index in [1.807, 2.05) is 32.0 Å². The van der Waals surface area contributed by atoms with Gasteiger partial charge in [-0.25, -0.2) is 4.68 Å². The first-order valence-electron chi connectivity index (χ1n) is 8.40. The van der Waals surface area contributed by atoms with Gasteiger partial charge < -0.3 is 10.2 Å². The fourth-order valence-electron chi connectivity index (χ4n) is 2.76. The average molecular weight is 364 g/mol. The number of amides is 2. The lowest BCUT2D eigenvalue weighted by molar-refractivity contribution is -0.116. The van der Waals surface area contributed by atoms with Crippen LogP contribution in [0, 0.1) is 13.8 Å². The molecule has 0 atom stereocenters. The summed E-state index contributed by atoms with van der Waals surface area (Å²) in [7, 11) is 1.59. The molecule has 1 N–H and O–H groups in total. The van der Waals surface area contributed by atoms with Gasteiger partial charge in [0.1, 0.15) is 6.33 Å². The highest BCUT2D eigenvalue weighted by Crippen LogP contribution is 2.19. The molecule has 3 aromatic rings. The van der Waals surface area contributed by atoms with Crippen LogP contribution < -0.4 is 5.32 Å². The van der Waals surface area contributed by atoms with Crippen LogP contribution in [0.1, 0.15) is 21.5 Å². The van der Waals surface area contributed by atoms with Crippen LogP contribution in [0.4, 0.5) is 5.69 Å². The molecule has 2 amide bonds. The summed E-state index contributed by atoms with van der Waals surface area (Å²) in [5.41, 5.74) is 3.85. The van der Waals surface area contributed by atoms with Gasteiger partial charge in [-0.1, -0.05) is 24.3 Å². The minimum absolute atomic E-state index is 0.0539.